The lowest BCUT2D eigenvalue weighted by atomic mass is 9.95. The molecule has 0 aliphatic rings. The first kappa shape index (κ1) is 16.1. The summed E-state index contributed by atoms with van der Waals surface area (Å²) in [5.74, 6) is -2.05. The van der Waals surface area contributed by atoms with E-state index < -0.39 is 29.9 Å². The van der Waals surface area contributed by atoms with E-state index in [2.05, 4.69) is 4.74 Å². The molecule has 110 valence electrons. The van der Waals surface area contributed by atoms with Crippen molar-refractivity contribution in [3.05, 3.63) is 38.9 Å². The van der Waals surface area contributed by atoms with Crippen LogP contribution in [0.3, 0.4) is 0 Å². The number of nitro groups is 1. The minimum atomic E-state index is -1.24. The van der Waals surface area contributed by atoms with Crippen molar-refractivity contribution in [2.45, 2.75) is 19.8 Å². The van der Waals surface area contributed by atoms with Gasteiger partial charge >= 0.3 is 11.9 Å². The topological polar surface area (TPSA) is 131 Å². The van der Waals surface area contributed by atoms with Gasteiger partial charge < -0.3 is 9.84 Å². The van der Waals surface area contributed by atoms with Crippen molar-refractivity contribution >= 4 is 17.6 Å². The van der Waals surface area contributed by atoms with Crippen LogP contribution in [0.25, 0.3) is 0 Å². The summed E-state index contributed by atoms with van der Waals surface area (Å²) in [5.41, 5.74) is -0.100. The molecule has 0 heterocycles. The first-order chi connectivity index (χ1) is 9.92. The van der Waals surface area contributed by atoms with Gasteiger partial charge in [-0.25, -0.2) is 4.79 Å². The van der Waals surface area contributed by atoms with Crippen molar-refractivity contribution in [1.82, 2.24) is 0 Å². The van der Waals surface area contributed by atoms with Gasteiger partial charge in [0.15, 0.2) is 6.61 Å². The molecule has 0 aromatic heterocycles. The van der Waals surface area contributed by atoms with Crippen LogP contribution in [0.1, 0.15) is 28.4 Å². The maximum absolute atomic E-state index is 11.8. The summed E-state index contributed by atoms with van der Waals surface area (Å²) in [6, 6.07) is 3.92. The summed E-state index contributed by atoms with van der Waals surface area (Å²) in [5, 5.41) is 28.2. The lowest BCUT2D eigenvalue weighted by Gasteiger charge is -2.11. The molecule has 0 saturated carbocycles. The van der Waals surface area contributed by atoms with Gasteiger partial charge in [0.1, 0.15) is 6.07 Å². The molecule has 0 spiro atoms. The van der Waals surface area contributed by atoms with Crippen LogP contribution in [-0.4, -0.2) is 28.6 Å². The van der Waals surface area contributed by atoms with Crippen molar-refractivity contribution in [3.63, 3.8) is 0 Å². The van der Waals surface area contributed by atoms with Crippen LogP contribution in [0, 0.1) is 21.4 Å². The Hall–Kier alpha value is -2.95. The first-order valence-corrected chi connectivity index (χ1v) is 5.97. The number of esters is 1. The molecule has 0 aliphatic carbocycles. The number of benzene rings is 1. The standard InChI is InChI=1S/C13H12N2O6/c1-2-8-9(13(18)21-6-5-14)3-4-11(15(19)20)10(8)7-12(16)17/h3-4H,2,6-7H2,1H3,(H,16,17). The predicted molar refractivity (Wildman–Crippen MR) is 69.7 cm³/mol. The predicted octanol–water partition coefficient (Wildman–Crippen LogP) is 1.46. The monoisotopic (exact) mass is 292 g/mol. The SMILES string of the molecule is CCc1c(C(=O)OCC#N)ccc([N+](=O)[O-])c1CC(=O)O. The summed E-state index contributed by atoms with van der Waals surface area (Å²) in [6.07, 6.45) is -0.347. The van der Waals surface area contributed by atoms with Crippen molar-refractivity contribution in [3.8, 4) is 6.07 Å². The fraction of sp³-hybridized carbons (Fsp3) is 0.308. The van der Waals surface area contributed by atoms with Crippen molar-refractivity contribution in [1.29, 1.82) is 5.26 Å². The summed E-state index contributed by atoms with van der Waals surface area (Å²) < 4.78 is 4.66. The Kier molecular flexibility index (Phi) is 5.37. The normalized spacial score (nSPS) is 9.71. The highest BCUT2D eigenvalue weighted by Crippen LogP contribution is 2.27. The number of nitrogens with zero attached hydrogens (tertiary/aromatic N) is 2. The van der Waals surface area contributed by atoms with Crippen molar-refractivity contribution < 1.29 is 24.4 Å². The smallest absolute Gasteiger partial charge is 0.339 e. The summed E-state index contributed by atoms with van der Waals surface area (Å²) in [6.45, 7) is 1.19. The number of carboxylic acid groups (broad SMARTS) is 1. The van der Waals surface area contributed by atoms with Gasteiger partial charge in [-0.3, -0.25) is 14.9 Å². The number of nitro benzene ring substituents is 1. The van der Waals surface area contributed by atoms with Gasteiger partial charge in [-0.05, 0) is 18.1 Å². The van der Waals surface area contributed by atoms with Crippen molar-refractivity contribution in [2.24, 2.45) is 0 Å². The molecule has 0 unspecified atom stereocenters. The number of hydrogen-bond donors (Lipinski definition) is 1. The van der Waals surface area contributed by atoms with E-state index in [4.69, 9.17) is 10.4 Å². The van der Waals surface area contributed by atoms with E-state index in [0.717, 1.165) is 6.07 Å². The molecule has 0 atom stereocenters. The molecular weight excluding hydrogens is 280 g/mol. The number of nitriles is 1. The minimum absolute atomic E-state index is 0.0265. The summed E-state index contributed by atoms with van der Waals surface area (Å²) >= 11 is 0. The van der Waals surface area contributed by atoms with E-state index in [0.29, 0.717) is 0 Å². The summed E-state index contributed by atoms with van der Waals surface area (Å²) in [4.78, 5) is 33.0. The van der Waals surface area contributed by atoms with E-state index in [9.17, 15) is 19.7 Å². The molecule has 8 nitrogen and oxygen atoms in total. The number of aliphatic carboxylic acids is 1. The Morgan fingerprint density at radius 2 is 2.10 bits per heavy atom. The van der Waals surface area contributed by atoms with Gasteiger partial charge in [-0.15, -0.1) is 0 Å². The van der Waals surface area contributed by atoms with Gasteiger partial charge in [0.2, 0.25) is 0 Å². The van der Waals surface area contributed by atoms with E-state index in [1.165, 1.54) is 6.07 Å². The first-order valence-electron chi connectivity index (χ1n) is 5.97. The second-order valence-corrected chi connectivity index (χ2v) is 4.00. The van der Waals surface area contributed by atoms with Gasteiger partial charge in [0.05, 0.1) is 16.9 Å². The van der Waals surface area contributed by atoms with Crippen LogP contribution < -0.4 is 0 Å². The largest absolute Gasteiger partial charge is 0.481 e. The Balaban J connectivity index is 3.41. The molecule has 21 heavy (non-hydrogen) atoms. The van der Waals surface area contributed by atoms with Crippen LogP contribution in [0.4, 0.5) is 5.69 Å². The average molecular weight is 292 g/mol. The fourth-order valence-electron chi connectivity index (χ4n) is 1.97. The van der Waals surface area contributed by atoms with E-state index in [-0.39, 0.29) is 28.8 Å². The zero-order valence-electron chi connectivity index (χ0n) is 11.2. The van der Waals surface area contributed by atoms with Crippen LogP contribution >= 0.6 is 0 Å². The summed E-state index contributed by atoms with van der Waals surface area (Å²) in [7, 11) is 0. The second-order valence-electron chi connectivity index (χ2n) is 4.00. The Morgan fingerprint density at radius 1 is 1.43 bits per heavy atom. The van der Waals surface area contributed by atoms with Gasteiger partial charge in [0.25, 0.3) is 5.69 Å². The van der Waals surface area contributed by atoms with E-state index >= 15 is 0 Å². The number of carbonyl (C=O) groups excluding carboxylic acids is 1. The van der Waals surface area contributed by atoms with E-state index in [1.807, 2.05) is 0 Å². The second kappa shape index (κ2) is 7.00. The zero-order valence-corrected chi connectivity index (χ0v) is 11.2. The maximum Gasteiger partial charge on any atom is 0.339 e. The van der Waals surface area contributed by atoms with Crippen molar-refractivity contribution in [2.75, 3.05) is 6.61 Å². The maximum atomic E-state index is 11.8. The molecule has 1 rings (SSSR count). The molecule has 0 fully saturated rings. The fourth-order valence-corrected chi connectivity index (χ4v) is 1.97. The number of carbonyl (C=O) groups is 2. The molecule has 1 N–H and O–H groups in total. The third-order valence-corrected chi connectivity index (χ3v) is 2.77. The average Bonchev–Trinajstić information content (AvgIpc) is 2.43. The third-order valence-electron chi connectivity index (χ3n) is 2.77. The van der Waals surface area contributed by atoms with E-state index in [1.54, 1.807) is 13.0 Å². The van der Waals surface area contributed by atoms with Crippen LogP contribution in [-0.2, 0) is 22.4 Å². The van der Waals surface area contributed by atoms with Gasteiger partial charge in [-0.1, -0.05) is 6.92 Å². The van der Waals surface area contributed by atoms with Gasteiger partial charge in [0, 0.05) is 11.6 Å². The number of hydrogen-bond acceptors (Lipinski definition) is 6. The van der Waals surface area contributed by atoms with Gasteiger partial charge in [-0.2, -0.15) is 5.26 Å². The number of carboxylic acids is 1. The molecule has 0 radical (unpaired) electrons. The quantitative estimate of drug-likeness (QED) is 0.477. The Bertz CT molecular complexity index is 632. The number of ether oxygens (including phenoxy) is 1. The molecule has 0 saturated heterocycles. The molecule has 8 heteroatoms. The number of rotatable bonds is 6. The highest BCUT2D eigenvalue weighted by atomic mass is 16.6. The lowest BCUT2D eigenvalue weighted by molar-refractivity contribution is -0.385. The lowest BCUT2D eigenvalue weighted by Crippen LogP contribution is -2.14. The third kappa shape index (κ3) is 3.76. The minimum Gasteiger partial charge on any atom is -0.481 e. The molecular formula is C13H12N2O6. The van der Waals surface area contributed by atoms with Crippen LogP contribution in [0.15, 0.2) is 12.1 Å². The molecule has 1 aromatic carbocycles. The highest BCUT2D eigenvalue weighted by molar-refractivity contribution is 5.92. The highest BCUT2D eigenvalue weighted by Gasteiger charge is 2.24. The zero-order chi connectivity index (χ0) is 16.0. The van der Waals surface area contributed by atoms with Crippen LogP contribution in [0.2, 0.25) is 0 Å². The Labute approximate surface area is 119 Å². The molecule has 0 amide bonds. The molecule has 0 bridgehead atoms. The molecule has 1 aromatic rings. The molecule has 0 aliphatic heterocycles. The van der Waals surface area contributed by atoms with Crippen LogP contribution in [0.5, 0.6) is 0 Å². The Morgan fingerprint density at radius 3 is 2.57 bits per heavy atom.